The first-order chi connectivity index (χ1) is 33.8. The summed E-state index contributed by atoms with van der Waals surface area (Å²) in [7, 11) is 5.20. The number of fused-ring (bicyclic) bond motifs is 1. The van der Waals surface area contributed by atoms with Crippen LogP contribution >= 0.6 is 11.6 Å². The van der Waals surface area contributed by atoms with E-state index < -0.39 is 108 Å². The first-order valence-corrected chi connectivity index (χ1v) is 25.4. The maximum Gasteiger partial charge on any atom is 0.359 e. The van der Waals surface area contributed by atoms with E-state index in [1.54, 1.807) is 84.9 Å². The molecule has 0 bridgehead atoms. The molecule has 3 aromatic rings. The smallest absolute Gasteiger partial charge is 0.359 e. The number of benzene rings is 2. The van der Waals surface area contributed by atoms with Crippen LogP contribution in [0.15, 0.2) is 59.9 Å². The van der Waals surface area contributed by atoms with Crippen molar-refractivity contribution >= 4 is 40.3 Å². The Balaban J connectivity index is 1.39. The van der Waals surface area contributed by atoms with E-state index in [4.69, 9.17) is 49.6 Å². The summed E-state index contributed by atoms with van der Waals surface area (Å²) in [5.74, 6) is -5.15. The number of aromatic nitrogens is 2. The SMILES string of the molecule is CC[C@H]1OC(=O)[C@H](C)[C@@H](OC2CC(C)(OC)C(OC(=O)c3cnc4ccccc4n3)C(C)O2)[C@H](C)[C@@H](OC2OC(C)CC(N(C)C)C2O)[C@](C)(O)C[C@@H](C)C(=NOCc2ccccc2Cl)[C@H](C)[C@@H](O)[C@]1(C)O. The number of cyclic esters (lactones) is 1. The van der Waals surface area contributed by atoms with Crippen molar-refractivity contribution in [1.29, 1.82) is 0 Å². The highest BCUT2D eigenvalue weighted by Gasteiger charge is 2.54. The first-order valence-electron chi connectivity index (χ1n) is 25.0. The normalized spacial score (nSPS) is 39.1. The van der Waals surface area contributed by atoms with Crippen molar-refractivity contribution in [3.63, 3.8) is 0 Å². The molecule has 3 saturated heterocycles. The number of methoxy groups -OCH3 is 1. The lowest BCUT2D eigenvalue weighted by Crippen LogP contribution is -2.61. The van der Waals surface area contributed by atoms with Crippen LogP contribution in [0.25, 0.3) is 11.0 Å². The molecule has 400 valence electrons. The van der Waals surface area contributed by atoms with Gasteiger partial charge in [-0.05, 0) is 93.1 Å². The van der Waals surface area contributed by atoms with Gasteiger partial charge in [0.25, 0.3) is 0 Å². The predicted octanol–water partition coefficient (Wildman–Crippen LogP) is 6.25. The summed E-state index contributed by atoms with van der Waals surface area (Å²) in [5, 5.41) is 54.3. The number of nitrogens with zero attached hydrogens (tertiary/aromatic N) is 4. The van der Waals surface area contributed by atoms with Gasteiger partial charge in [-0.1, -0.05) is 74.8 Å². The average molecular weight is 1030 g/mol. The zero-order chi connectivity index (χ0) is 53.0. The van der Waals surface area contributed by atoms with Crippen LogP contribution in [0.3, 0.4) is 0 Å². The standard InChI is InChI=1S/C53H77ClN4O14/c1-14-40-53(10,64)45(60)30(4)42(57-66-27-34-19-15-16-20-35(34)54)28(2)24-51(8,63)46(72-50-43(59)39(58(11)12)23-29(3)67-50)31(5)44(32(6)48(61)69-40)70-41-25-52(9,65-13)47(33(7)68-41)71-49(62)38-26-55-36-21-17-18-22-37(36)56-38/h15-22,26,28-33,39-41,43-47,50,59-60,63-64H,14,23-25,27H2,1-13H3/t28-,29?,30+,31+,32-,33?,39?,40-,41?,43?,44+,45-,46-,47?,50?,51-,52?,53-/m1/s1. The number of ether oxygens (including phenoxy) is 7. The zero-order valence-electron chi connectivity index (χ0n) is 43.9. The molecule has 4 N–H and O–H groups in total. The molecule has 19 heteroatoms. The molecule has 3 aliphatic heterocycles. The van der Waals surface area contributed by atoms with Gasteiger partial charge in [-0.25, -0.2) is 9.78 Å². The van der Waals surface area contributed by atoms with E-state index in [-0.39, 0.29) is 43.7 Å². The number of oxime groups is 1. The molecule has 1 aromatic heterocycles. The Morgan fingerprint density at radius 2 is 1.58 bits per heavy atom. The molecule has 18 atom stereocenters. The fourth-order valence-corrected chi connectivity index (χ4v) is 11.0. The van der Waals surface area contributed by atoms with Gasteiger partial charge in [0.05, 0.1) is 65.0 Å². The lowest BCUT2D eigenvalue weighted by molar-refractivity contribution is -0.317. The van der Waals surface area contributed by atoms with E-state index in [1.165, 1.54) is 20.2 Å². The van der Waals surface area contributed by atoms with E-state index in [0.29, 0.717) is 33.8 Å². The third-order valence-corrected chi connectivity index (χ3v) is 15.4. The molecule has 3 fully saturated rings. The zero-order valence-corrected chi connectivity index (χ0v) is 44.7. The number of para-hydroxylation sites is 2. The van der Waals surface area contributed by atoms with E-state index in [2.05, 4.69) is 15.1 Å². The van der Waals surface area contributed by atoms with Crippen molar-refractivity contribution in [2.45, 2.75) is 186 Å². The molecule has 0 spiro atoms. The number of aliphatic hydroxyl groups excluding tert-OH is 2. The largest absolute Gasteiger partial charge is 0.459 e. The Morgan fingerprint density at radius 1 is 0.917 bits per heavy atom. The summed E-state index contributed by atoms with van der Waals surface area (Å²) in [4.78, 5) is 45.0. The molecule has 18 nitrogen and oxygen atoms in total. The summed E-state index contributed by atoms with van der Waals surface area (Å²) < 4.78 is 45.0. The van der Waals surface area contributed by atoms with Crippen molar-refractivity contribution in [1.82, 2.24) is 14.9 Å². The number of rotatable bonds is 12. The first kappa shape index (κ1) is 57.4. The molecule has 0 radical (unpaired) electrons. The summed E-state index contributed by atoms with van der Waals surface area (Å²) in [5.41, 5.74) is -2.98. The van der Waals surface area contributed by atoms with Crippen LogP contribution in [0.1, 0.15) is 111 Å². The van der Waals surface area contributed by atoms with Crippen LogP contribution in [-0.4, -0.2) is 158 Å². The number of hydrogen-bond donors (Lipinski definition) is 4. The summed E-state index contributed by atoms with van der Waals surface area (Å²) >= 11 is 6.46. The highest BCUT2D eigenvalue weighted by atomic mass is 35.5. The number of esters is 2. The predicted molar refractivity (Wildman–Crippen MR) is 268 cm³/mol. The third-order valence-electron chi connectivity index (χ3n) is 15.1. The van der Waals surface area contributed by atoms with Gasteiger partial charge in [0.1, 0.15) is 30.0 Å². The topological polar surface area (TPSA) is 230 Å². The van der Waals surface area contributed by atoms with Gasteiger partial charge in [0, 0.05) is 47.9 Å². The molecule has 8 unspecified atom stereocenters. The Labute approximate surface area is 428 Å². The van der Waals surface area contributed by atoms with Gasteiger partial charge >= 0.3 is 11.9 Å². The number of likely N-dealkylation sites (N-methyl/N-ethyl adjacent to an activating group) is 1. The van der Waals surface area contributed by atoms with Gasteiger partial charge in [0.2, 0.25) is 0 Å². The van der Waals surface area contributed by atoms with Crippen LogP contribution in [-0.2, 0) is 49.4 Å². The van der Waals surface area contributed by atoms with Crippen molar-refractivity contribution in [3.8, 4) is 0 Å². The van der Waals surface area contributed by atoms with Crippen LogP contribution in [0, 0.1) is 23.7 Å². The molecular formula is C53H77ClN4O14. The van der Waals surface area contributed by atoms with Crippen LogP contribution < -0.4 is 0 Å². The third kappa shape index (κ3) is 12.8. The molecule has 0 saturated carbocycles. The van der Waals surface area contributed by atoms with Crippen LogP contribution in [0.5, 0.6) is 0 Å². The highest BCUT2D eigenvalue weighted by Crippen LogP contribution is 2.42. The van der Waals surface area contributed by atoms with Crippen LogP contribution in [0.4, 0.5) is 0 Å². The van der Waals surface area contributed by atoms with E-state index >= 15 is 0 Å². The quantitative estimate of drug-likeness (QED) is 0.116. The number of hydrogen-bond acceptors (Lipinski definition) is 18. The number of halogens is 1. The number of aliphatic hydroxyl groups is 4. The minimum atomic E-state index is -2.02. The molecule has 0 amide bonds. The summed E-state index contributed by atoms with van der Waals surface area (Å²) in [6, 6.07) is 13.9. The van der Waals surface area contributed by atoms with E-state index in [0.717, 1.165) is 0 Å². The maximum absolute atomic E-state index is 14.7. The Bertz CT molecular complexity index is 2340. The maximum atomic E-state index is 14.7. The lowest BCUT2D eigenvalue weighted by atomic mass is 9.73. The fraction of sp³-hybridized carbons (Fsp3) is 0.679. The van der Waals surface area contributed by atoms with Crippen molar-refractivity contribution in [2.75, 3.05) is 21.2 Å². The fourth-order valence-electron chi connectivity index (χ4n) is 10.8. The van der Waals surface area contributed by atoms with Crippen molar-refractivity contribution < 1.29 is 68.0 Å². The second kappa shape index (κ2) is 23.7. The average Bonchev–Trinajstić information content (AvgIpc) is 3.33. The van der Waals surface area contributed by atoms with Gasteiger partial charge in [-0.15, -0.1) is 0 Å². The molecular weight excluding hydrogens is 952 g/mol. The van der Waals surface area contributed by atoms with E-state index in [1.807, 2.05) is 45.0 Å². The molecule has 72 heavy (non-hydrogen) atoms. The van der Waals surface area contributed by atoms with Crippen LogP contribution in [0.2, 0.25) is 5.02 Å². The van der Waals surface area contributed by atoms with Gasteiger partial charge in [-0.2, -0.15) is 0 Å². The molecule has 6 rings (SSSR count). The minimum Gasteiger partial charge on any atom is -0.459 e. The molecule has 4 heterocycles. The second-order valence-corrected chi connectivity index (χ2v) is 21.5. The highest BCUT2D eigenvalue weighted by molar-refractivity contribution is 6.31. The van der Waals surface area contributed by atoms with Gasteiger partial charge < -0.3 is 63.3 Å². The lowest BCUT2D eigenvalue weighted by Gasteiger charge is -2.49. The molecule has 3 aliphatic rings. The van der Waals surface area contributed by atoms with Crippen molar-refractivity contribution in [2.24, 2.45) is 28.8 Å². The van der Waals surface area contributed by atoms with E-state index in [9.17, 15) is 30.0 Å². The second-order valence-electron chi connectivity index (χ2n) is 21.1. The molecule has 2 aromatic carbocycles. The monoisotopic (exact) mass is 1030 g/mol. The number of carbonyl (C=O) groups excluding carboxylic acids is 2. The van der Waals surface area contributed by atoms with Gasteiger partial charge in [-0.3, -0.25) is 9.78 Å². The minimum absolute atomic E-state index is 0.00117. The summed E-state index contributed by atoms with van der Waals surface area (Å²) in [6.07, 6.45) is -8.97. The Hall–Kier alpha value is -3.92. The van der Waals surface area contributed by atoms with Crippen molar-refractivity contribution in [3.05, 3.63) is 71.0 Å². The number of carbonyl (C=O) groups is 2. The van der Waals surface area contributed by atoms with Gasteiger partial charge in [0.15, 0.2) is 24.4 Å². The summed E-state index contributed by atoms with van der Waals surface area (Å²) in [6.45, 7) is 16.9. The Morgan fingerprint density at radius 3 is 2.24 bits per heavy atom. The Kier molecular flexibility index (Phi) is 18.9. The molecule has 0 aliphatic carbocycles.